The van der Waals surface area contributed by atoms with Crippen LogP contribution in [0.1, 0.15) is 28.5 Å². The Kier molecular flexibility index (Phi) is 5.96. The number of imidazole rings is 1. The van der Waals surface area contributed by atoms with Crippen molar-refractivity contribution in [1.29, 1.82) is 5.26 Å². The van der Waals surface area contributed by atoms with Crippen molar-refractivity contribution < 1.29 is 14.6 Å². The maximum Gasteiger partial charge on any atom is 0.333 e. The fraction of sp³-hybridized carbons (Fsp3) is 0.227. The van der Waals surface area contributed by atoms with Crippen LogP contribution in [0, 0.1) is 18.3 Å². The molecule has 1 aromatic heterocycles. The van der Waals surface area contributed by atoms with Crippen LogP contribution in [-0.4, -0.2) is 32.7 Å². The first kappa shape index (κ1) is 20.1. The van der Waals surface area contributed by atoms with Gasteiger partial charge in [0.1, 0.15) is 18.5 Å². The van der Waals surface area contributed by atoms with Gasteiger partial charge in [0, 0.05) is 17.5 Å². The maximum absolute atomic E-state index is 12.8. The summed E-state index contributed by atoms with van der Waals surface area (Å²) in [5.74, 6) is 0.498. The zero-order valence-electron chi connectivity index (χ0n) is 16.2. The van der Waals surface area contributed by atoms with Gasteiger partial charge in [-0.05, 0) is 62.4 Å². The highest BCUT2D eigenvalue weighted by molar-refractivity contribution is 5.94. The summed E-state index contributed by atoms with van der Waals surface area (Å²) in [5.41, 5.74) is 2.19. The summed E-state index contributed by atoms with van der Waals surface area (Å²) >= 11 is 0. The Morgan fingerprint density at radius 1 is 1.17 bits per heavy atom. The van der Waals surface area contributed by atoms with Crippen LogP contribution in [-0.2, 0) is 6.54 Å². The number of aliphatic hydroxyl groups excluding tert-OH is 1. The van der Waals surface area contributed by atoms with Crippen LogP contribution >= 0.6 is 0 Å². The van der Waals surface area contributed by atoms with Gasteiger partial charge in [0.2, 0.25) is 0 Å². The summed E-state index contributed by atoms with van der Waals surface area (Å²) < 4.78 is 8.48. The lowest BCUT2D eigenvalue weighted by Gasteiger charge is -2.12. The van der Waals surface area contributed by atoms with E-state index < -0.39 is 6.10 Å². The average Bonchev–Trinajstić information content (AvgIpc) is 2.99. The molecule has 2 aromatic carbocycles. The SMILES string of the molecule is CC(=O)c1ccc(-n2c(C)cn(CC(O)COc3ccc(C#N)cc3)c2=O)cc1. The molecule has 1 atom stereocenters. The zero-order chi connectivity index (χ0) is 21.0. The summed E-state index contributed by atoms with van der Waals surface area (Å²) in [6, 6.07) is 15.4. The van der Waals surface area contributed by atoms with E-state index in [1.54, 1.807) is 61.7 Å². The molecule has 0 spiro atoms. The molecular formula is C22H21N3O4. The molecule has 0 amide bonds. The fourth-order valence-electron chi connectivity index (χ4n) is 3.01. The number of aromatic nitrogens is 2. The molecule has 1 unspecified atom stereocenters. The Morgan fingerprint density at radius 3 is 2.41 bits per heavy atom. The number of benzene rings is 2. The summed E-state index contributed by atoms with van der Waals surface area (Å²) in [4.78, 5) is 24.2. The number of nitrogens with zero attached hydrogens (tertiary/aromatic N) is 3. The van der Waals surface area contributed by atoms with Crippen LogP contribution in [0.5, 0.6) is 5.75 Å². The van der Waals surface area contributed by atoms with Gasteiger partial charge in [-0.15, -0.1) is 0 Å². The van der Waals surface area contributed by atoms with Gasteiger partial charge in [-0.2, -0.15) is 5.26 Å². The van der Waals surface area contributed by atoms with Gasteiger partial charge in [0.15, 0.2) is 5.78 Å². The van der Waals surface area contributed by atoms with Crippen molar-refractivity contribution >= 4 is 5.78 Å². The Morgan fingerprint density at radius 2 is 1.83 bits per heavy atom. The van der Waals surface area contributed by atoms with E-state index in [1.165, 1.54) is 16.1 Å². The van der Waals surface area contributed by atoms with E-state index in [2.05, 4.69) is 0 Å². The lowest BCUT2D eigenvalue weighted by molar-refractivity contribution is 0.0916. The van der Waals surface area contributed by atoms with E-state index >= 15 is 0 Å². The number of nitriles is 1. The van der Waals surface area contributed by atoms with Crippen LogP contribution in [0.25, 0.3) is 5.69 Å². The molecule has 0 saturated heterocycles. The highest BCUT2D eigenvalue weighted by Gasteiger charge is 2.14. The second kappa shape index (κ2) is 8.59. The highest BCUT2D eigenvalue weighted by Crippen LogP contribution is 2.13. The van der Waals surface area contributed by atoms with Crippen LogP contribution in [0.2, 0.25) is 0 Å². The predicted molar refractivity (Wildman–Crippen MR) is 107 cm³/mol. The summed E-state index contributed by atoms with van der Waals surface area (Å²) in [6.45, 7) is 3.38. The normalized spacial score (nSPS) is 11.7. The highest BCUT2D eigenvalue weighted by atomic mass is 16.5. The molecule has 7 heteroatoms. The minimum atomic E-state index is -0.890. The number of aliphatic hydroxyl groups is 1. The largest absolute Gasteiger partial charge is 0.491 e. The van der Waals surface area contributed by atoms with Gasteiger partial charge in [-0.25, -0.2) is 4.79 Å². The first-order valence-corrected chi connectivity index (χ1v) is 9.10. The number of carbonyl (C=O) groups excluding carboxylic acids is 1. The molecule has 3 rings (SSSR count). The minimum Gasteiger partial charge on any atom is -0.491 e. The number of Topliss-reactive ketones (excluding diaryl/α,β-unsaturated/α-hetero) is 1. The summed E-state index contributed by atoms with van der Waals surface area (Å²) in [5, 5.41) is 19.1. The van der Waals surface area contributed by atoms with Gasteiger partial charge < -0.3 is 9.84 Å². The van der Waals surface area contributed by atoms with E-state index in [-0.39, 0.29) is 24.6 Å². The molecular weight excluding hydrogens is 370 g/mol. The van der Waals surface area contributed by atoms with Gasteiger partial charge >= 0.3 is 5.69 Å². The van der Waals surface area contributed by atoms with E-state index in [4.69, 9.17) is 10.00 Å². The first-order valence-electron chi connectivity index (χ1n) is 9.10. The predicted octanol–water partition coefficient (Wildman–Crippen LogP) is 2.46. The standard InChI is InChI=1S/C22H21N3O4/c1-15-12-24(13-20(27)14-29-21-9-3-17(11-23)4-10-21)22(28)25(15)19-7-5-18(6-8-19)16(2)26/h3-10,12,20,27H,13-14H2,1-2H3. The van der Waals surface area contributed by atoms with E-state index in [1.807, 2.05) is 6.07 Å². The molecule has 0 aliphatic rings. The van der Waals surface area contributed by atoms with E-state index in [0.717, 1.165) is 0 Å². The van der Waals surface area contributed by atoms with Gasteiger partial charge in [0.05, 0.1) is 23.9 Å². The number of hydrogen-bond acceptors (Lipinski definition) is 5. The topological polar surface area (TPSA) is 97.2 Å². The third-order valence-corrected chi connectivity index (χ3v) is 4.50. The van der Waals surface area contributed by atoms with Crippen molar-refractivity contribution in [2.45, 2.75) is 26.5 Å². The molecule has 0 aliphatic heterocycles. The van der Waals surface area contributed by atoms with Crippen LogP contribution < -0.4 is 10.4 Å². The van der Waals surface area contributed by atoms with E-state index in [9.17, 15) is 14.7 Å². The summed E-state index contributed by atoms with van der Waals surface area (Å²) in [7, 11) is 0. The van der Waals surface area contributed by atoms with Crippen molar-refractivity contribution in [3.8, 4) is 17.5 Å². The third-order valence-electron chi connectivity index (χ3n) is 4.50. The molecule has 29 heavy (non-hydrogen) atoms. The zero-order valence-corrected chi connectivity index (χ0v) is 16.2. The van der Waals surface area contributed by atoms with Gasteiger partial charge in [-0.3, -0.25) is 13.9 Å². The lowest BCUT2D eigenvalue weighted by Crippen LogP contribution is -2.31. The maximum atomic E-state index is 12.8. The second-order valence-electron chi connectivity index (χ2n) is 6.74. The molecule has 0 fully saturated rings. The van der Waals surface area contributed by atoms with Crippen molar-refractivity contribution in [3.05, 3.63) is 82.0 Å². The van der Waals surface area contributed by atoms with Crippen LogP contribution in [0.15, 0.2) is 59.5 Å². The monoisotopic (exact) mass is 391 g/mol. The number of rotatable bonds is 7. The number of hydrogen-bond donors (Lipinski definition) is 1. The number of ketones is 1. The summed E-state index contributed by atoms with van der Waals surface area (Å²) in [6.07, 6.45) is 0.783. The molecule has 7 nitrogen and oxygen atoms in total. The number of ether oxygens (including phenoxy) is 1. The van der Waals surface area contributed by atoms with Crippen LogP contribution in [0.3, 0.4) is 0 Å². The Balaban J connectivity index is 1.69. The Labute approximate surface area is 168 Å². The van der Waals surface area contributed by atoms with Crippen molar-refractivity contribution in [2.24, 2.45) is 0 Å². The molecule has 0 bridgehead atoms. The molecule has 0 radical (unpaired) electrons. The van der Waals surface area contributed by atoms with Gasteiger partial charge in [0.25, 0.3) is 0 Å². The lowest BCUT2D eigenvalue weighted by atomic mass is 10.1. The first-order chi connectivity index (χ1) is 13.9. The quantitative estimate of drug-likeness (QED) is 0.624. The number of aryl methyl sites for hydroxylation is 1. The molecule has 0 aliphatic carbocycles. The van der Waals surface area contributed by atoms with E-state index in [0.29, 0.717) is 28.3 Å². The third kappa shape index (κ3) is 4.62. The second-order valence-corrected chi connectivity index (χ2v) is 6.74. The molecule has 3 aromatic rings. The smallest absolute Gasteiger partial charge is 0.333 e. The van der Waals surface area contributed by atoms with Gasteiger partial charge in [-0.1, -0.05) is 0 Å². The Bertz CT molecular complexity index is 1100. The van der Waals surface area contributed by atoms with Crippen molar-refractivity contribution in [1.82, 2.24) is 9.13 Å². The Hall–Kier alpha value is -3.63. The molecule has 1 heterocycles. The molecule has 0 saturated carbocycles. The van der Waals surface area contributed by atoms with Crippen LogP contribution in [0.4, 0.5) is 0 Å². The van der Waals surface area contributed by atoms with Crippen molar-refractivity contribution in [2.75, 3.05) is 6.61 Å². The number of carbonyl (C=O) groups is 1. The molecule has 1 N–H and O–H groups in total. The molecule has 148 valence electrons. The average molecular weight is 391 g/mol. The minimum absolute atomic E-state index is 0.00980. The van der Waals surface area contributed by atoms with Crippen molar-refractivity contribution in [3.63, 3.8) is 0 Å². The fourth-order valence-corrected chi connectivity index (χ4v) is 3.01.